The largest absolute Gasteiger partial charge is 0.231 e. The first-order valence-corrected chi connectivity index (χ1v) is 6.33. The van der Waals surface area contributed by atoms with Crippen molar-refractivity contribution in [2.75, 3.05) is 0 Å². The number of aryl methyl sites for hydroxylation is 1. The van der Waals surface area contributed by atoms with Gasteiger partial charge in [-0.05, 0) is 47.1 Å². The van der Waals surface area contributed by atoms with Crippen LogP contribution in [0.15, 0.2) is 34.9 Å². The van der Waals surface area contributed by atoms with Crippen LogP contribution in [0.2, 0.25) is 0 Å². The van der Waals surface area contributed by atoms with Crippen molar-refractivity contribution in [2.45, 2.75) is 6.92 Å². The molecule has 19 heavy (non-hydrogen) atoms. The summed E-state index contributed by atoms with van der Waals surface area (Å²) in [7, 11) is 0. The summed E-state index contributed by atoms with van der Waals surface area (Å²) in [6.45, 7) is 1.84. The number of halogens is 3. The van der Waals surface area contributed by atoms with E-state index in [0.29, 0.717) is 15.9 Å². The maximum atomic E-state index is 13.7. The molecule has 2 aromatic heterocycles. The van der Waals surface area contributed by atoms with E-state index in [1.807, 2.05) is 6.92 Å². The van der Waals surface area contributed by atoms with Gasteiger partial charge in [0.15, 0.2) is 5.65 Å². The molecule has 3 aromatic rings. The highest BCUT2D eigenvalue weighted by atomic mass is 79.9. The Labute approximate surface area is 116 Å². The van der Waals surface area contributed by atoms with Crippen molar-refractivity contribution in [3.05, 3.63) is 52.3 Å². The average molecular weight is 324 g/mol. The zero-order valence-electron chi connectivity index (χ0n) is 9.86. The lowest BCUT2D eigenvalue weighted by atomic mass is 10.1. The quantitative estimate of drug-likeness (QED) is 0.682. The molecule has 0 bridgehead atoms. The molecule has 0 aliphatic heterocycles. The summed E-state index contributed by atoms with van der Waals surface area (Å²) in [6, 6.07) is 6.82. The molecule has 0 spiro atoms. The predicted octanol–water partition coefficient (Wildman–Crippen LogP) is 3.75. The molecule has 6 heteroatoms. The number of imidazole rings is 1. The maximum Gasteiger partial charge on any atom is 0.155 e. The number of benzene rings is 1. The molecule has 3 nitrogen and oxygen atoms in total. The van der Waals surface area contributed by atoms with Gasteiger partial charge < -0.3 is 0 Å². The molecule has 0 amide bonds. The van der Waals surface area contributed by atoms with Crippen molar-refractivity contribution in [2.24, 2.45) is 0 Å². The molecule has 1 aromatic carbocycles. The summed E-state index contributed by atoms with van der Waals surface area (Å²) in [5.41, 5.74) is 2.13. The van der Waals surface area contributed by atoms with Crippen molar-refractivity contribution < 1.29 is 8.78 Å². The topological polar surface area (TPSA) is 30.2 Å². The third-order valence-electron chi connectivity index (χ3n) is 2.79. The smallest absolute Gasteiger partial charge is 0.155 e. The average Bonchev–Trinajstić information content (AvgIpc) is 2.65. The Hall–Kier alpha value is -1.82. The van der Waals surface area contributed by atoms with E-state index in [1.54, 1.807) is 16.6 Å². The van der Waals surface area contributed by atoms with Crippen molar-refractivity contribution in [1.82, 2.24) is 14.6 Å². The molecule has 0 unspecified atom stereocenters. The van der Waals surface area contributed by atoms with Gasteiger partial charge in [-0.25, -0.2) is 18.3 Å². The number of fused-ring (bicyclic) bond motifs is 1. The van der Waals surface area contributed by atoms with E-state index in [9.17, 15) is 8.78 Å². The van der Waals surface area contributed by atoms with Gasteiger partial charge in [0, 0.05) is 11.6 Å². The fourth-order valence-electron chi connectivity index (χ4n) is 1.86. The summed E-state index contributed by atoms with van der Waals surface area (Å²) in [5, 5.41) is 4.30. The molecule has 0 atom stereocenters. The lowest BCUT2D eigenvalue weighted by Crippen LogP contribution is -1.96. The number of nitrogens with zero attached hydrogens (tertiary/aromatic N) is 3. The van der Waals surface area contributed by atoms with Gasteiger partial charge in [-0.1, -0.05) is 0 Å². The molecule has 0 fully saturated rings. The molecule has 0 aliphatic rings. The molecular weight excluding hydrogens is 316 g/mol. The lowest BCUT2D eigenvalue weighted by Gasteiger charge is -2.03. The fourth-order valence-corrected chi connectivity index (χ4v) is 2.21. The minimum absolute atomic E-state index is 0.251. The van der Waals surface area contributed by atoms with Crippen LogP contribution in [-0.2, 0) is 0 Å². The second-order valence-electron chi connectivity index (χ2n) is 4.10. The van der Waals surface area contributed by atoms with Crippen LogP contribution < -0.4 is 0 Å². The molecule has 96 valence electrons. The van der Waals surface area contributed by atoms with Crippen molar-refractivity contribution >= 4 is 21.6 Å². The number of rotatable bonds is 1. The Balaban J connectivity index is 2.22. The van der Waals surface area contributed by atoms with Crippen molar-refractivity contribution in [3.8, 4) is 11.3 Å². The molecule has 0 saturated heterocycles. The number of hydrogen-bond acceptors (Lipinski definition) is 2. The lowest BCUT2D eigenvalue weighted by molar-refractivity contribution is 0.585. The minimum Gasteiger partial charge on any atom is -0.231 e. The van der Waals surface area contributed by atoms with Crippen molar-refractivity contribution in [1.29, 1.82) is 0 Å². The minimum atomic E-state index is -0.639. The van der Waals surface area contributed by atoms with E-state index in [0.717, 1.165) is 11.8 Å². The van der Waals surface area contributed by atoms with Crippen molar-refractivity contribution in [3.63, 3.8) is 0 Å². The standard InChI is InChI=1S/C13H8BrF2N3/c1-7-13(14)19-12(17-7)5-4-11(18-19)9-3-2-8(15)6-10(9)16/h2-6H,1H3. The van der Waals surface area contributed by atoms with Gasteiger partial charge in [-0.2, -0.15) is 5.10 Å². The fraction of sp³-hybridized carbons (Fsp3) is 0.0769. The normalized spacial score (nSPS) is 11.2. The molecule has 3 rings (SSSR count). The first-order valence-electron chi connectivity index (χ1n) is 5.53. The molecule has 0 N–H and O–H groups in total. The van der Waals surface area contributed by atoms with Crippen LogP contribution >= 0.6 is 15.9 Å². The number of aromatic nitrogens is 3. The van der Waals surface area contributed by atoms with Gasteiger partial charge in [0.1, 0.15) is 16.2 Å². The Kier molecular flexibility index (Phi) is 2.82. The second-order valence-corrected chi connectivity index (χ2v) is 4.85. The van der Waals surface area contributed by atoms with Crippen LogP contribution in [0.4, 0.5) is 8.78 Å². The van der Waals surface area contributed by atoms with E-state index < -0.39 is 11.6 Å². The maximum absolute atomic E-state index is 13.7. The monoisotopic (exact) mass is 323 g/mol. The Bertz CT molecular complexity index is 783. The van der Waals surface area contributed by atoms with Gasteiger partial charge in [0.25, 0.3) is 0 Å². The van der Waals surface area contributed by atoms with Crippen LogP contribution in [0.25, 0.3) is 16.9 Å². The van der Waals surface area contributed by atoms with Crippen LogP contribution in [0.1, 0.15) is 5.69 Å². The van der Waals surface area contributed by atoms with Crippen LogP contribution in [-0.4, -0.2) is 14.6 Å². The second kappa shape index (κ2) is 4.38. The zero-order chi connectivity index (χ0) is 13.6. The van der Waals surface area contributed by atoms with Gasteiger partial charge >= 0.3 is 0 Å². The van der Waals surface area contributed by atoms with E-state index in [2.05, 4.69) is 26.0 Å². The van der Waals surface area contributed by atoms with Crippen LogP contribution in [0, 0.1) is 18.6 Å². The van der Waals surface area contributed by atoms with E-state index in [-0.39, 0.29) is 5.56 Å². The highest BCUT2D eigenvalue weighted by molar-refractivity contribution is 9.10. The Morgan fingerprint density at radius 1 is 1.16 bits per heavy atom. The van der Waals surface area contributed by atoms with Crippen LogP contribution in [0.3, 0.4) is 0 Å². The third-order valence-corrected chi connectivity index (χ3v) is 3.70. The van der Waals surface area contributed by atoms with E-state index in [1.165, 1.54) is 12.1 Å². The molecule has 0 saturated carbocycles. The highest BCUT2D eigenvalue weighted by Crippen LogP contribution is 2.24. The first-order chi connectivity index (χ1) is 9.06. The third kappa shape index (κ3) is 2.02. The summed E-state index contributed by atoms with van der Waals surface area (Å²) in [6.07, 6.45) is 0. The summed E-state index contributed by atoms with van der Waals surface area (Å²) >= 11 is 3.37. The van der Waals surface area contributed by atoms with E-state index >= 15 is 0 Å². The summed E-state index contributed by atoms with van der Waals surface area (Å²) in [5.74, 6) is -1.25. The molecule has 0 radical (unpaired) electrons. The first kappa shape index (κ1) is 12.2. The highest BCUT2D eigenvalue weighted by Gasteiger charge is 2.11. The molecular formula is C13H8BrF2N3. The SMILES string of the molecule is Cc1nc2ccc(-c3ccc(F)cc3F)nn2c1Br. The van der Waals surface area contributed by atoms with Gasteiger partial charge in [0.05, 0.1) is 11.4 Å². The van der Waals surface area contributed by atoms with Crippen LogP contribution in [0.5, 0.6) is 0 Å². The van der Waals surface area contributed by atoms with Gasteiger partial charge in [-0.15, -0.1) is 0 Å². The summed E-state index contributed by atoms with van der Waals surface area (Å²) in [4.78, 5) is 4.28. The Morgan fingerprint density at radius 3 is 2.68 bits per heavy atom. The van der Waals surface area contributed by atoms with Gasteiger partial charge in [0.2, 0.25) is 0 Å². The molecule has 2 heterocycles. The van der Waals surface area contributed by atoms with E-state index in [4.69, 9.17) is 0 Å². The van der Waals surface area contributed by atoms with Gasteiger partial charge in [-0.3, -0.25) is 0 Å². The zero-order valence-corrected chi connectivity index (χ0v) is 11.4. The predicted molar refractivity (Wildman–Crippen MR) is 70.8 cm³/mol. The Morgan fingerprint density at radius 2 is 1.95 bits per heavy atom. The number of hydrogen-bond donors (Lipinski definition) is 0. The molecule has 0 aliphatic carbocycles. The summed E-state index contributed by atoms with van der Waals surface area (Å²) < 4.78 is 28.9.